The molecule has 0 aliphatic rings. The van der Waals surface area contributed by atoms with Gasteiger partial charge in [-0.05, 0) is 37.5 Å². The van der Waals surface area contributed by atoms with E-state index in [4.69, 9.17) is 37.0 Å². The molecule has 0 aliphatic carbocycles. The molecule has 0 aromatic rings. The van der Waals surface area contributed by atoms with Crippen LogP contribution in [-0.2, 0) is 65.4 Å². The summed E-state index contributed by atoms with van der Waals surface area (Å²) in [5.41, 5.74) is 0. The first kappa shape index (κ1) is 86.1. The molecule has 17 nitrogen and oxygen atoms in total. The SMILES string of the molecule is CCCCCCCCCCCCCCCCCCC(=O)O[C@H](COC(=O)CCCCCCCCCCCC(C)C)COP(=O)(O)OC[C@@H](O)COP(=O)(O)OC[C@@H](COC(=O)CCCCCCCCC(C)C)OC(=O)CCCCCCCCCCCCC. The third-order valence-electron chi connectivity index (χ3n) is 16.0. The summed E-state index contributed by atoms with van der Waals surface area (Å²) in [5.74, 6) is -0.703. The first-order chi connectivity index (χ1) is 42.4. The van der Waals surface area contributed by atoms with Crippen molar-refractivity contribution in [2.75, 3.05) is 39.6 Å². The third-order valence-corrected chi connectivity index (χ3v) is 17.9. The molecule has 0 heterocycles. The van der Waals surface area contributed by atoms with Gasteiger partial charge in [-0.25, -0.2) is 9.13 Å². The van der Waals surface area contributed by atoms with Crippen molar-refractivity contribution in [2.24, 2.45) is 11.8 Å². The van der Waals surface area contributed by atoms with E-state index in [1.807, 2.05) is 0 Å². The monoisotopic (exact) mass is 1300 g/mol. The molecule has 0 radical (unpaired) electrons. The average molecular weight is 1300 g/mol. The van der Waals surface area contributed by atoms with Crippen LogP contribution in [-0.4, -0.2) is 96.7 Å². The Morgan fingerprint density at radius 1 is 0.307 bits per heavy atom. The zero-order valence-corrected chi connectivity index (χ0v) is 58.8. The number of ether oxygens (including phenoxy) is 4. The number of carbonyl (C=O) groups excluding carboxylic acids is 4. The number of aliphatic hydroxyl groups excluding tert-OH is 1. The van der Waals surface area contributed by atoms with Crippen LogP contribution in [0.25, 0.3) is 0 Å². The lowest BCUT2D eigenvalue weighted by molar-refractivity contribution is -0.161. The van der Waals surface area contributed by atoms with Gasteiger partial charge in [0.1, 0.15) is 19.3 Å². The van der Waals surface area contributed by atoms with E-state index in [1.165, 1.54) is 161 Å². The van der Waals surface area contributed by atoms with Gasteiger partial charge in [-0.1, -0.05) is 298 Å². The van der Waals surface area contributed by atoms with E-state index < -0.39 is 97.5 Å². The minimum absolute atomic E-state index is 0.106. The average Bonchev–Trinajstić information content (AvgIpc) is 3.48. The summed E-state index contributed by atoms with van der Waals surface area (Å²) < 4.78 is 68.2. The Balaban J connectivity index is 5.23. The van der Waals surface area contributed by atoms with Gasteiger partial charge in [0.15, 0.2) is 12.2 Å². The van der Waals surface area contributed by atoms with Crippen LogP contribution in [0, 0.1) is 11.8 Å². The molecule has 0 aromatic heterocycles. The van der Waals surface area contributed by atoms with Crippen molar-refractivity contribution in [3.8, 4) is 0 Å². The molecule has 0 rings (SSSR count). The maximum absolute atomic E-state index is 13.0. The van der Waals surface area contributed by atoms with Gasteiger partial charge in [-0.15, -0.1) is 0 Å². The Morgan fingerprint density at radius 3 is 0.773 bits per heavy atom. The number of hydrogen-bond acceptors (Lipinski definition) is 15. The lowest BCUT2D eigenvalue weighted by Gasteiger charge is -2.21. The van der Waals surface area contributed by atoms with Crippen LogP contribution in [0.4, 0.5) is 0 Å². The highest BCUT2D eigenvalue weighted by Gasteiger charge is 2.30. The molecule has 3 N–H and O–H groups in total. The predicted molar refractivity (Wildman–Crippen MR) is 354 cm³/mol. The molecule has 0 bridgehead atoms. The van der Waals surface area contributed by atoms with E-state index in [-0.39, 0.29) is 25.7 Å². The highest BCUT2D eigenvalue weighted by atomic mass is 31.2. The van der Waals surface area contributed by atoms with Crippen molar-refractivity contribution in [3.05, 3.63) is 0 Å². The molecule has 88 heavy (non-hydrogen) atoms. The highest BCUT2D eigenvalue weighted by molar-refractivity contribution is 7.47. The number of rotatable bonds is 68. The van der Waals surface area contributed by atoms with Crippen molar-refractivity contribution in [1.29, 1.82) is 0 Å². The maximum atomic E-state index is 13.0. The Hall–Kier alpha value is -1.94. The lowest BCUT2D eigenvalue weighted by Crippen LogP contribution is -2.30. The van der Waals surface area contributed by atoms with E-state index in [2.05, 4.69) is 41.5 Å². The van der Waals surface area contributed by atoms with Crippen LogP contribution in [0.1, 0.15) is 350 Å². The Bertz CT molecular complexity index is 1720. The lowest BCUT2D eigenvalue weighted by atomic mass is 10.0. The largest absolute Gasteiger partial charge is 0.472 e. The first-order valence-electron chi connectivity index (χ1n) is 36.0. The smallest absolute Gasteiger partial charge is 0.462 e. The first-order valence-corrected chi connectivity index (χ1v) is 39.0. The Labute approximate surface area is 537 Å². The van der Waals surface area contributed by atoms with Crippen LogP contribution in [0.2, 0.25) is 0 Å². The maximum Gasteiger partial charge on any atom is 0.472 e. The minimum Gasteiger partial charge on any atom is -0.462 e. The number of phosphoric ester groups is 2. The summed E-state index contributed by atoms with van der Waals surface area (Å²) in [7, 11) is -9.90. The molecule has 522 valence electrons. The fraction of sp³-hybridized carbons (Fsp3) is 0.942. The van der Waals surface area contributed by atoms with Gasteiger partial charge in [0.2, 0.25) is 0 Å². The summed E-state index contributed by atoms with van der Waals surface area (Å²) in [6.45, 7) is 9.44. The number of phosphoric acid groups is 2. The van der Waals surface area contributed by atoms with Crippen molar-refractivity contribution >= 4 is 39.5 Å². The molecule has 0 aliphatic heterocycles. The Kier molecular flexibility index (Phi) is 59.9. The van der Waals surface area contributed by atoms with Crippen LogP contribution in [0.3, 0.4) is 0 Å². The van der Waals surface area contributed by atoms with Gasteiger partial charge in [-0.3, -0.25) is 37.3 Å². The van der Waals surface area contributed by atoms with Gasteiger partial charge in [0, 0.05) is 25.7 Å². The quantitative estimate of drug-likeness (QED) is 0.0222. The van der Waals surface area contributed by atoms with Crippen LogP contribution in [0.15, 0.2) is 0 Å². The molecular formula is C69H134O17P2. The van der Waals surface area contributed by atoms with Crippen molar-refractivity contribution in [2.45, 2.75) is 368 Å². The van der Waals surface area contributed by atoms with Gasteiger partial charge in [-0.2, -0.15) is 0 Å². The molecule has 19 heteroatoms. The van der Waals surface area contributed by atoms with Gasteiger partial charge in [0.25, 0.3) is 0 Å². The molecule has 5 atom stereocenters. The van der Waals surface area contributed by atoms with E-state index in [0.29, 0.717) is 31.6 Å². The third kappa shape index (κ3) is 62.8. The van der Waals surface area contributed by atoms with Gasteiger partial charge in [0.05, 0.1) is 26.4 Å². The predicted octanol–water partition coefficient (Wildman–Crippen LogP) is 19.6. The van der Waals surface area contributed by atoms with E-state index >= 15 is 0 Å². The van der Waals surface area contributed by atoms with Crippen molar-refractivity contribution in [1.82, 2.24) is 0 Å². The number of hydrogen-bond donors (Lipinski definition) is 3. The van der Waals surface area contributed by atoms with Gasteiger partial charge >= 0.3 is 39.5 Å². The number of carbonyl (C=O) groups is 4. The van der Waals surface area contributed by atoms with Crippen LogP contribution < -0.4 is 0 Å². The minimum atomic E-state index is -4.95. The van der Waals surface area contributed by atoms with E-state index in [0.717, 1.165) is 102 Å². The molecule has 0 spiro atoms. The van der Waals surface area contributed by atoms with E-state index in [9.17, 15) is 43.2 Å². The number of unbranched alkanes of at least 4 members (excludes halogenated alkanes) is 38. The summed E-state index contributed by atoms with van der Waals surface area (Å²) in [5, 5.41) is 10.6. The fourth-order valence-electron chi connectivity index (χ4n) is 10.4. The molecule has 0 amide bonds. The number of aliphatic hydroxyl groups is 1. The molecule has 0 aromatic carbocycles. The zero-order valence-electron chi connectivity index (χ0n) is 57.0. The summed E-state index contributed by atoms with van der Waals surface area (Å²) in [6, 6.07) is 0. The van der Waals surface area contributed by atoms with Crippen LogP contribution >= 0.6 is 15.6 Å². The second kappa shape index (κ2) is 61.3. The number of esters is 4. The summed E-state index contributed by atoms with van der Waals surface area (Å²) in [6.07, 6.45) is 45.9. The zero-order chi connectivity index (χ0) is 65.0. The molecular weight excluding hydrogens is 1160 g/mol. The van der Waals surface area contributed by atoms with Crippen LogP contribution in [0.5, 0.6) is 0 Å². The summed E-state index contributed by atoms with van der Waals surface area (Å²) in [4.78, 5) is 72.4. The van der Waals surface area contributed by atoms with Crippen molar-refractivity contribution in [3.63, 3.8) is 0 Å². The topological polar surface area (TPSA) is 237 Å². The van der Waals surface area contributed by atoms with E-state index in [1.54, 1.807) is 0 Å². The molecule has 2 unspecified atom stereocenters. The second-order valence-corrected chi connectivity index (χ2v) is 28.8. The Morgan fingerprint density at radius 2 is 0.523 bits per heavy atom. The molecule has 0 fully saturated rings. The molecule has 0 saturated heterocycles. The van der Waals surface area contributed by atoms with Gasteiger partial charge < -0.3 is 33.8 Å². The second-order valence-electron chi connectivity index (χ2n) is 25.9. The van der Waals surface area contributed by atoms with Crippen molar-refractivity contribution < 1.29 is 80.2 Å². The summed E-state index contributed by atoms with van der Waals surface area (Å²) >= 11 is 0. The fourth-order valence-corrected chi connectivity index (χ4v) is 12.0. The molecule has 0 saturated carbocycles. The highest BCUT2D eigenvalue weighted by Crippen LogP contribution is 2.45. The standard InChI is InChI=1S/C69H134O17P2/c1-7-9-11-13-15-17-19-20-21-22-23-25-29-34-42-48-54-69(74)85-64(57-79-66(71)51-45-39-32-30-26-27-31-37-43-49-61(3)4)59-83-87(75,76)81-55-63(70)56-82-88(77,78)84-60-65(58-80-67(72)52-46-40-36-35-38-44-50-62(5)6)86-68(73)53-47-41-33-28-24-18-16-14-12-10-8-2/h61-65,70H,7-60H2,1-6H3,(H,75,76)(H,77,78)/t63-,64-,65-/m1/s1. The normalized spacial score (nSPS) is 14.2.